The van der Waals surface area contributed by atoms with Gasteiger partial charge in [0.2, 0.25) is 0 Å². The molecule has 3 N–H and O–H groups in total. The number of nitrogens with two attached hydrogens (primary N) is 1. The van der Waals surface area contributed by atoms with Crippen LogP contribution >= 0.6 is 0 Å². The molecule has 1 aliphatic carbocycles. The zero-order valence-electron chi connectivity index (χ0n) is 15.4. The second-order valence-corrected chi connectivity index (χ2v) is 7.18. The first kappa shape index (κ1) is 19.1. The summed E-state index contributed by atoms with van der Waals surface area (Å²) in [6, 6.07) is 18.4. The molecule has 142 valence electrons. The molecule has 1 saturated carbocycles. The van der Waals surface area contributed by atoms with Crippen molar-refractivity contribution in [1.29, 1.82) is 0 Å². The smallest absolute Gasteiger partial charge is 0.320 e. The van der Waals surface area contributed by atoms with Crippen LogP contribution in [0, 0.1) is 5.92 Å². The lowest BCUT2D eigenvalue weighted by Crippen LogP contribution is -2.33. The highest BCUT2D eigenvalue weighted by molar-refractivity contribution is 5.79. The maximum Gasteiger partial charge on any atom is 0.320 e. The molecule has 5 heteroatoms. The number of hydrogen-bond donors (Lipinski definition) is 2. The second kappa shape index (κ2) is 7.92. The first-order valence-corrected chi connectivity index (χ1v) is 9.23. The molecule has 0 aromatic heterocycles. The van der Waals surface area contributed by atoms with E-state index in [1.165, 1.54) is 11.1 Å². The molecule has 0 saturated heterocycles. The predicted molar refractivity (Wildman–Crippen MR) is 102 cm³/mol. The molecule has 1 fully saturated rings. The summed E-state index contributed by atoms with van der Waals surface area (Å²) < 4.78 is 5.51. The Labute approximate surface area is 159 Å². The van der Waals surface area contributed by atoms with Crippen molar-refractivity contribution in [3.05, 3.63) is 71.3 Å². The Morgan fingerprint density at radius 3 is 2.44 bits per heavy atom. The van der Waals surface area contributed by atoms with Crippen LogP contribution in [0.1, 0.15) is 36.0 Å². The summed E-state index contributed by atoms with van der Waals surface area (Å²) in [6.45, 7) is 1.67. The van der Waals surface area contributed by atoms with E-state index < -0.39 is 23.5 Å². The number of esters is 1. The van der Waals surface area contributed by atoms with Gasteiger partial charge in [0.15, 0.2) is 0 Å². The Kier molecular flexibility index (Phi) is 5.61. The highest BCUT2D eigenvalue weighted by atomic mass is 16.6. The average Bonchev–Trinajstić information content (AvgIpc) is 3.42. The lowest BCUT2D eigenvalue weighted by molar-refractivity contribution is -0.154. The molecule has 0 radical (unpaired) electrons. The summed E-state index contributed by atoms with van der Waals surface area (Å²) in [5, 5.41) is 9.41. The lowest BCUT2D eigenvalue weighted by atomic mass is 9.89. The second-order valence-electron chi connectivity index (χ2n) is 7.18. The quantitative estimate of drug-likeness (QED) is 0.700. The van der Waals surface area contributed by atoms with Crippen LogP contribution in [0.4, 0.5) is 0 Å². The lowest BCUT2D eigenvalue weighted by Gasteiger charge is -2.25. The highest BCUT2D eigenvalue weighted by Crippen LogP contribution is 2.56. The number of aryl methyl sites for hydroxylation is 2. The molecule has 27 heavy (non-hydrogen) atoms. The van der Waals surface area contributed by atoms with Gasteiger partial charge in [0.05, 0.1) is 6.54 Å². The van der Waals surface area contributed by atoms with E-state index in [4.69, 9.17) is 10.5 Å². The van der Waals surface area contributed by atoms with Gasteiger partial charge in [-0.1, -0.05) is 61.5 Å². The van der Waals surface area contributed by atoms with Gasteiger partial charge in [-0.2, -0.15) is 0 Å². The first-order valence-electron chi connectivity index (χ1n) is 9.23. The molecule has 0 bridgehead atoms. The largest absolute Gasteiger partial charge is 0.481 e. The molecule has 3 atom stereocenters. The molecule has 0 heterocycles. The number of carbonyl (C=O) groups excluding carboxylic acids is 1. The van der Waals surface area contributed by atoms with Gasteiger partial charge in [-0.3, -0.25) is 9.59 Å². The predicted octanol–water partition coefficient (Wildman–Crippen LogP) is 2.92. The summed E-state index contributed by atoms with van der Waals surface area (Å²) in [5.41, 5.74) is 7.80. The van der Waals surface area contributed by atoms with Gasteiger partial charge in [0, 0.05) is 12.3 Å². The van der Waals surface area contributed by atoms with Crippen molar-refractivity contribution in [2.24, 2.45) is 11.7 Å². The third-order valence-corrected chi connectivity index (χ3v) is 5.45. The minimum absolute atomic E-state index is 0.217. The standard InChI is InChI=1S/C22H25NO4/c1-15(22(27-20(24)14-23)13-19(22)21(25)26)18-9-5-8-17(12-18)11-10-16-6-3-2-4-7-16/h2-9,12,15,19H,10-11,13-14,23H2,1H3,(H,25,26). The Morgan fingerprint density at radius 1 is 1.15 bits per heavy atom. The summed E-state index contributed by atoms with van der Waals surface area (Å²) in [6.07, 6.45) is 2.15. The van der Waals surface area contributed by atoms with Crippen LogP contribution in [0.3, 0.4) is 0 Å². The van der Waals surface area contributed by atoms with Crippen molar-refractivity contribution in [1.82, 2.24) is 0 Å². The normalized spacial score (nSPS) is 22.1. The van der Waals surface area contributed by atoms with E-state index in [9.17, 15) is 14.7 Å². The van der Waals surface area contributed by atoms with E-state index >= 15 is 0 Å². The minimum atomic E-state index is -1.000. The Morgan fingerprint density at radius 2 is 1.81 bits per heavy atom. The number of rotatable bonds is 8. The molecular weight excluding hydrogens is 342 g/mol. The van der Waals surface area contributed by atoms with Crippen LogP contribution < -0.4 is 5.73 Å². The highest BCUT2D eigenvalue weighted by Gasteiger charge is 2.65. The fourth-order valence-corrected chi connectivity index (χ4v) is 3.72. The van der Waals surface area contributed by atoms with Gasteiger partial charge < -0.3 is 15.6 Å². The van der Waals surface area contributed by atoms with E-state index in [2.05, 4.69) is 24.3 Å². The van der Waals surface area contributed by atoms with Crippen LogP contribution in [-0.2, 0) is 27.2 Å². The van der Waals surface area contributed by atoms with Gasteiger partial charge in [0.25, 0.3) is 0 Å². The maximum absolute atomic E-state index is 11.8. The van der Waals surface area contributed by atoms with Crippen LogP contribution in [0.5, 0.6) is 0 Å². The SMILES string of the molecule is CC(c1cccc(CCc2ccccc2)c1)C1(OC(=O)CN)CC1C(=O)O. The van der Waals surface area contributed by atoms with Crippen molar-refractivity contribution in [2.45, 2.75) is 37.7 Å². The van der Waals surface area contributed by atoms with Crippen molar-refractivity contribution in [3.8, 4) is 0 Å². The summed E-state index contributed by atoms with van der Waals surface area (Å²) in [5.74, 6) is -2.40. The molecule has 0 amide bonds. The van der Waals surface area contributed by atoms with Gasteiger partial charge in [-0.05, 0) is 29.5 Å². The van der Waals surface area contributed by atoms with Crippen LogP contribution in [0.25, 0.3) is 0 Å². The zero-order valence-corrected chi connectivity index (χ0v) is 15.4. The van der Waals surface area contributed by atoms with Crippen LogP contribution in [0.15, 0.2) is 54.6 Å². The number of benzene rings is 2. The first-order chi connectivity index (χ1) is 13.0. The Balaban J connectivity index is 1.76. The third kappa shape index (κ3) is 4.19. The molecule has 1 aliphatic rings. The van der Waals surface area contributed by atoms with Gasteiger partial charge in [-0.15, -0.1) is 0 Å². The van der Waals surface area contributed by atoms with E-state index in [0.717, 1.165) is 18.4 Å². The number of carbonyl (C=O) groups is 2. The van der Waals surface area contributed by atoms with Crippen molar-refractivity contribution in [2.75, 3.05) is 6.54 Å². The summed E-state index contributed by atoms with van der Waals surface area (Å²) in [7, 11) is 0. The molecule has 3 rings (SSSR count). The minimum Gasteiger partial charge on any atom is -0.481 e. The van der Waals surface area contributed by atoms with E-state index in [0.29, 0.717) is 6.42 Å². The fraction of sp³-hybridized carbons (Fsp3) is 0.364. The molecule has 0 spiro atoms. The monoisotopic (exact) mass is 367 g/mol. The fourth-order valence-electron chi connectivity index (χ4n) is 3.72. The van der Waals surface area contributed by atoms with E-state index in [1.54, 1.807) is 0 Å². The maximum atomic E-state index is 11.8. The molecule has 0 aliphatic heterocycles. The van der Waals surface area contributed by atoms with E-state index in [1.807, 2.05) is 37.3 Å². The van der Waals surface area contributed by atoms with Gasteiger partial charge >= 0.3 is 11.9 Å². The molecule has 3 unspecified atom stereocenters. The molecule has 5 nitrogen and oxygen atoms in total. The van der Waals surface area contributed by atoms with Crippen LogP contribution in [-0.4, -0.2) is 29.2 Å². The molecule has 2 aromatic carbocycles. The van der Waals surface area contributed by atoms with Crippen LogP contribution in [0.2, 0.25) is 0 Å². The Hall–Kier alpha value is -2.66. The summed E-state index contributed by atoms with van der Waals surface area (Å²) in [4.78, 5) is 23.2. The number of hydrogen-bond acceptors (Lipinski definition) is 4. The molecule has 2 aromatic rings. The number of ether oxygens (including phenoxy) is 1. The molecular formula is C22H25NO4. The zero-order chi connectivity index (χ0) is 19.4. The summed E-state index contributed by atoms with van der Waals surface area (Å²) >= 11 is 0. The van der Waals surface area contributed by atoms with Crippen molar-refractivity contribution < 1.29 is 19.4 Å². The third-order valence-electron chi connectivity index (χ3n) is 5.45. The topological polar surface area (TPSA) is 89.6 Å². The van der Waals surface area contributed by atoms with E-state index in [-0.39, 0.29) is 12.5 Å². The van der Waals surface area contributed by atoms with Gasteiger partial charge in [0.1, 0.15) is 11.5 Å². The number of carboxylic acids is 1. The number of aliphatic carboxylic acids is 1. The number of carboxylic acid groups (broad SMARTS) is 1. The van der Waals surface area contributed by atoms with Gasteiger partial charge in [-0.25, -0.2) is 0 Å². The van der Waals surface area contributed by atoms with Crippen molar-refractivity contribution in [3.63, 3.8) is 0 Å². The average molecular weight is 367 g/mol. The Bertz CT molecular complexity index is 820. The van der Waals surface area contributed by atoms with Crippen molar-refractivity contribution >= 4 is 11.9 Å².